The average molecular weight is 258 g/mol. The van der Waals surface area contributed by atoms with Crippen molar-refractivity contribution < 1.29 is 9.53 Å². The van der Waals surface area contributed by atoms with Crippen LogP contribution in [0, 0.1) is 5.92 Å². The molecule has 3 unspecified atom stereocenters. The Morgan fingerprint density at radius 1 is 1.21 bits per heavy atom. The highest BCUT2D eigenvalue weighted by molar-refractivity contribution is 5.91. The predicted molar refractivity (Wildman–Crippen MR) is 70.6 cm³/mol. The lowest BCUT2D eigenvalue weighted by Gasteiger charge is -2.47. The monoisotopic (exact) mass is 258 g/mol. The second kappa shape index (κ2) is 3.97. The zero-order chi connectivity index (χ0) is 12.9. The van der Waals surface area contributed by atoms with Gasteiger partial charge in [-0.25, -0.2) is 0 Å². The van der Waals surface area contributed by atoms with Crippen LogP contribution >= 0.6 is 0 Å². The molecule has 1 aromatic carbocycles. The van der Waals surface area contributed by atoms with Gasteiger partial charge < -0.3 is 10.1 Å². The van der Waals surface area contributed by atoms with Crippen molar-refractivity contribution in [1.29, 1.82) is 0 Å². The van der Waals surface area contributed by atoms with Crippen LogP contribution in [0.15, 0.2) is 24.3 Å². The van der Waals surface area contributed by atoms with Crippen LogP contribution in [0.5, 0.6) is 5.75 Å². The number of rotatable bonds is 0. The molecule has 2 N–H and O–H groups in total. The topological polar surface area (TPSA) is 50.4 Å². The van der Waals surface area contributed by atoms with E-state index >= 15 is 0 Å². The van der Waals surface area contributed by atoms with Crippen LogP contribution in [-0.4, -0.2) is 18.7 Å². The molecule has 3 atom stereocenters. The third kappa shape index (κ3) is 1.40. The minimum absolute atomic E-state index is 0.111. The molecule has 0 aromatic heterocycles. The fourth-order valence-electron chi connectivity index (χ4n) is 3.99. The fraction of sp³-hybridized carbons (Fsp3) is 0.533. The first-order valence-corrected chi connectivity index (χ1v) is 7.12. The number of para-hydroxylation sites is 1. The molecule has 4 rings (SSSR count). The zero-order valence-corrected chi connectivity index (χ0v) is 10.8. The molecular formula is C15H18N2O2. The van der Waals surface area contributed by atoms with Crippen LogP contribution < -0.4 is 15.4 Å². The highest BCUT2D eigenvalue weighted by atomic mass is 16.5. The summed E-state index contributed by atoms with van der Waals surface area (Å²) in [5.41, 5.74) is 0.438. The van der Waals surface area contributed by atoms with Crippen LogP contribution in [-0.2, 0) is 10.3 Å². The number of fused-ring (bicyclic) bond motifs is 4. The molecule has 1 amide bonds. The van der Waals surface area contributed by atoms with E-state index in [1.54, 1.807) is 0 Å². The summed E-state index contributed by atoms with van der Waals surface area (Å²) >= 11 is 0. The number of ether oxygens (including phenoxy) is 1. The van der Waals surface area contributed by atoms with E-state index in [0.29, 0.717) is 6.67 Å². The highest BCUT2D eigenvalue weighted by Gasteiger charge is 2.57. The van der Waals surface area contributed by atoms with Crippen molar-refractivity contribution in [3.05, 3.63) is 29.8 Å². The maximum atomic E-state index is 12.5. The van der Waals surface area contributed by atoms with Gasteiger partial charge in [0.1, 0.15) is 17.4 Å². The largest absolute Gasteiger partial charge is 0.490 e. The normalized spacial score (nSPS) is 36.3. The Morgan fingerprint density at radius 3 is 2.89 bits per heavy atom. The van der Waals surface area contributed by atoms with Gasteiger partial charge in [-0.15, -0.1) is 0 Å². The highest BCUT2D eigenvalue weighted by Crippen LogP contribution is 2.49. The van der Waals surface area contributed by atoms with E-state index in [0.717, 1.165) is 24.2 Å². The van der Waals surface area contributed by atoms with Gasteiger partial charge in [0, 0.05) is 11.5 Å². The van der Waals surface area contributed by atoms with Crippen LogP contribution in [0.1, 0.15) is 31.2 Å². The van der Waals surface area contributed by atoms with E-state index in [1.165, 1.54) is 12.8 Å². The first-order valence-electron chi connectivity index (χ1n) is 7.12. The molecule has 1 saturated heterocycles. The lowest BCUT2D eigenvalue weighted by atomic mass is 9.67. The lowest BCUT2D eigenvalue weighted by molar-refractivity contribution is -0.130. The predicted octanol–water partition coefficient (Wildman–Crippen LogP) is 1.51. The molecule has 4 heteroatoms. The van der Waals surface area contributed by atoms with Crippen molar-refractivity contribution in [3.63, 3.8) is 0 Å². The molecule has 19 heavy (non-hydrogen) atoms. The maximum absolute atomic E-state index is 12.5. The molecule has 1 spiro atoms. The average Bonchev–Trinajstić information content (AvgIpc) is 2.82. The molecule has 2 aliphatic heterocycles. The van der Waals surface area contributed by atoms with Gasteiger partial charge in [-0.3, -0.25) is 10.1 Å². The van der Waals surface area contributed by atoms with Gasteiger partial charge in [0.15, 0.2) is 0 Å². The second-order valence-corrected chi connectivity index (χ2v) is 5.71. The number of hydrogen-bond donors (Lipinski definition) is 2. The summed E-state index contributed by atoms with van der Waals surface area (Å²) in [7, 11) is 0. The molecule has 100 valence electrons. The molecule has 1 saturated carbocycles. The second-order valence-electron chi connectivity index (χ2n) is 5.71. The van der Waals surface area contributed by atoms with Gasteiger partial charge in [-0.1, -0.05) is 24.6 Å². The minimum Gasteiger partial charge on any atom is -0.490 e. The van der Waals surface area contributed by atoms with Gasteiger partial charge in [0.2, 0.25) is 5.91 Å². The van der Waals surface area contributed by atoms with Gasteiger partial charge >= 0.3 is 0 Å². The van der Waals surface area contributed by atoms with Crippen molar-refractivity contribution in [2.24, 2.45) is 5.92 Å². The Morgan fingerprint density at radius 2 is 2.05 bits per heavy atom. The molecular weight excluding hydrogens is 240 g/mol. The van der Waals surface area contributed by atoms with E-state index in [9.17, 15) is 4.79 Å². The van der Waals surface area contributed by atoms with E-state index < -0.39 is 5.54 Å². The molecule has 0 bridgehead atoms. The SMILES string of the molecule is O=C1NCNC12c1ccccc1OC1CCCCC12. The van der Waals surface area contributed by atoms with Crippen molar-refractivity contribution >= 4 is 5.91 Å². The zero-order valence-electron chi connectivity index (χ0n) is 10.8. The third-order valence-corrected chi connectivity index (χ3v) is 4.82. The first kappa shape index (κ1) is 11.3. The summed E-state index contributed by atoms with van der Waals surface area (Å²) in [6.07, 6.45) is 4.65. The number of hydrogen-bond acceptors (Lipinski definition) is 3. The fourth-order valence-corrected chi connectivity index (χ4v) is 3.99. The Hall–Kier alpha value is -1.55. The summed E-state index contributed by atoms with van der Waals surface area (Å²) < 4.78 is 6.15. The van der Waals surface area contributed by atoms with E-state index in [-0.39, 0.29) is 17.9 Å². The van der Waals surface area contributed by atoms with Gasteiger partial charge in [-0.2, -0.15) is 0 Å². The number of nitrogens with one attached hydrogen (secondary N) is 2. The van der Waals surface area contributed by atoms with Crippen LogP contribution in [0.25, 0.3) is 0 Å². The van der Waals surface area contributed by atoms with E-state index in [4.69, 9.17) is 4.74 Å². The number of carbonyl (C=O) groups excluding carboxylic acids is 1. The Kier molecular flexibility index (Phi) is 2.36. The summed E-state index contributed by atoms with van der Waals surface area (Å²) in [6.45, 7) is 0.552. The van der Waals surface area contributed by atoms with Crippen LogP contribution in [0.2, 0.25) is 0 Å². The smallest absolute Gasteiger partial charge is 0.246 e. The van der Waals surface area contributed by atoms with Crippen molar-refractivity contribution in [2.75, 3.05) is 6.67 Å². The summed E-state index contributed by atoms with van der Waals surface area (Å²) in [5, 5.41) is 6.38. The number of amides is 1. The van der Waals surface area contributed by atoms with Crippen LogP contribution in [0.4, 0.5) is 0 Å². The number of carbonyl (C=O) groups is 1. The molecule has 1 aromatic rings. The molecule has 3 aliphatic rings. The molecule has 2 fully saturated rings. The molecule has 2 heterocycles. The lowest BCUT2D eigenvalue weighted by Crippen LogP contribution is -2.58. The maximum Gasteiger partial charge on any atom is 0.246 e. The molecule has 0 radical (unpaired) electrons. The Bertz CT molecular complexity index is 531. The van der Waals surface area contributed by atoms with Gasteiger partial charge in [0.25, 0.3) is 0 Å². The van der Waals surface area contributed by atoms with Crippen molar-refractivity contribution in [2.45, 2.75) is 37.3 Å². The Balaban J connectivity index is 1.91. The van der Waals surface area contributed by atoms with Gasteiger partial charge in [0.05, 0.1) is 6.67 Å². The molecule has 1 aliphatic carbocycles. The van der Waals surface area contributed by atoms with Gasteiger partial charge in [-0.05, 0) is 25.3 Å². The standard InChI is InChI=1S/C15H18N2O2/c18-14-15(17-9-16-14)10-5-1-3-7-12(10)19-13-8-4-2-6-11(13)15/h1,3,5,7,11,13,17H,2,4,6,8-9H2,(H,16,18). The Labute approximate surface area is 112 Å². The number of benzene rings is 1. The molecule has 4 nitrogen and oxygen atoms in total. The third-order valence-electron chi connectivity index (χ3n) is 4.82. The quantitative estimate of drug-likeness (QED) is 0.741. The van der Waals surface area contributed by atoms with Crippen LogP contribution in [0.3, 0.4) is 0 Å². The van der Waals surface area contributed by atoms with E-state index in [1.807, 2.05) is 24.3 Å². The summed E-state index contributed by atoms with van der Waals surface area (Å²) in [6, 6.07) is 7.97. The minimum atomic E-state index is -0.570. The first-order chi connectivity index (χ1) is 9.32. The van der Waals surface area contributed by atoms with Crippen molar-refractivity contribution in [1.82, 2.24) is 10.6 Å². The summed E-state index contributed by atoms with van der Waals surface area (Å²) in [4.78, 5) is 12.5. The summed E-state index contributed by atoms with van der Waals surface area (Å²) in [5.74, 6) is 1.23. The van der Waals surface area contributed by atoms with Crippen molar-refractivity contribution in [3.8, 4) is 5.75 Å². The van der Waals surface area contributed by atoms with E-state index in [2.05, 4.69) is 10.6 Å².